The van der Waals surface area contributed by atoms with E-state index in [9.17, 15) is 4.79 Å². The second-order valence-corrected chi connectivity index (χ2v) is 4.66. The molecular weight excluding hydrogens is 214 g/mol. The van der Waals surface area contributed by atoms with E-state index in [0.29, 0.717) is 17.2 Å². The number of amides is 1. The van der Waals surface area contributed by atoms with Gasteiger partial charge >= 0.3 is 0 Å². The van der Waals surface area contributed by atoms with Gasteiger partial charge in [0.2, 0.25) is 0 Å². The van der Waals surface area contributed by atoms with E-state index in [2.05, 4.69) is 6.07 Å². The van der Waals surface area contributed by atoms with Gasteiger partial charge in [0.15, 0.2) is 0 Å². The fourth-order valence-corrected chi connectivity index (χ4v) is 2.61. The van der Waals surface area contributed by atoms with E-state index in [1.165, 1.54) is 37.7 Å². The molecule has 0 aliphatic heterocycles. The lowest BCUT2D eigenvalue weighted by molar-refractivity contribution is 0.0997. The van der Waals surface area contributed by atoms with Gasteiger partial charge in [0.1, 0.15) is 5.75 Å². The van der Waals surface area contributed by atoms with Crippen molar-refractivity contribution in [1.82, 2.24) is 0 Å². The Morgan fingerprint density at radius 3 is 2.59 bits per heavy atom. The van der Waals surface area contributed by atoms with Crippen molar-refractivity contribution in [1.29, 1.82) is 0 Å². The molecule has 2 N–H and O–H groups in total. The van der Waals surface area contributed by atoms with Gasteiger partial charge in [0.05, 0.1) is 12.7 Å². The van der Waals surface area contributed by atoms with Crippen molar-refractivity contribution < 1.29 is 9.53 Å². The SMILES string of the molecule is COc1ccc(C2CCCCC2)cc1C(N)=O. The van der Waals surface area contributed by atoms with Gasteiger partial charge in [-0.15, -0.1) is 0 Å². The van der Waals surface area contributed by atoms with Crippen LogP contribution in [0.1, 0.15) is 53.9 Å². The maximum Gasteiger partial charge on any atom is 0.252 e. The van der Waals surface area contributed by atoms with E-state index in [1.54, 1.807) is 7.11 Å². The Balaban J connectivity index is 2.29. The molecule has 3 nitrogen and oxygen atoms in total. The van der Waals surface area contributed by atoms with Gasteiger partial charge in [-0.25, -0.2) is 0 Å². The maximum atomic E-state index is 11.4. The summed E-state index contributed by atoms with van der Waals surface area (Å²) in [5, 5.41) is 0. The Morgan fingerprint density at radius 1 is 1.29 bits per heavy atom. The molecule has 0 aromatic heterocycles. The summed E-state index contributed by atoms with van der Waals surface area (Å²) >= 11 is 0. The molecule has 0 bridgehead atoms. The molecule has 92 valence electrons. The smallest absolute Gasteiger partial charge is 0.252 e. The van der Waals surface area contributed by atoms with Crippen LogP contribution in [0.3, 0.4) is 0 Å². The molecular formula is C14H19NO2. The van der Waals surface area contributed by atoms with E-state index in [1.807, 2.05) is 12.1 Å². The quantitative estimate of drug-likeness (QED) is 0.872. The Morgan fingerprint density at radius 2 is 2.00 bits per heavy atom. The summed E-state index contributed by atoms with van der Waals surface area (Å²) in [7, 11) is 1.56. The first-order valence-corrected chi connectivity index (χ1v) is 6.20. The molecule has 17 heavy (non-hydrogen) atoms. The number of hydrogen-bond donors (Lipinski definition) is 1. The lowest BCUT2D eigenvalue weighted by Gasteiger charge is -2.22. The summed E-state index contributed by atoms with van der Waals surface area (Å²) in [6.07, 6.45) is 6.32. The average Bonchev–Trinajstić information content (AvgIpc) is 2.39. The van der Waals surface area contributed by atoms with Crippen LogP contribution < -0.4 is 10.5 Å². The summed E-state index contributed by atoms with van der Waals surface area (Å²) in [6.45, 7) is 0. The number of ether oxygens (including phenoxy) is 1. The van der Waals surface area contributed by atoms with Crippen LogP contribution in [0.5, 0.6) is 5.75 Å². The van der Waals surface area contributed by atoms with Crippen molar-refractivity contribution in [2.24, 2.45) is 5.73 Å². The number of hydrogen-bond acceptors (Lipinski definition) is 2. The minimum Gasteiger partial charge on any atom is -0.496 e. The van der Waals surface area contributed by atoms with Crippen molar-refractivity contribution in [3.63, 3.8) is 0 Å². The number of carbonyl (C=O) groups is 1. The lowest BCUT2D eigenvalue weighted by atomic mass is 9.83. The molecule has 1 aliphatic rings. The van der Waals surface area contributed by atoms with Crippen molar-refractivity contribution in [3.8, 4) is 5.75 Å². The van der Waals surface area contributed by atoms with Crippen molar-refractivity contribution in [3.05, 3.63) is 29.3 Å². The third kappa shape index (κ3) is 2.60. The topological polar surface area (TPSA) is 52.3 Å². The highest BCUT2D eigenvalue weighted by atomic mass is 16.5. The molecule has 0 atom stereocenters. The number of methoxy groups -OCH3 is 1. The number of carbonyl (C=O) groups excluding carboxylic acids is 1. The number of rotatable bonds is 3. The average molecular weight is 233 g/mol. The molecule has 0 unspecified atom stereocenters. The van der Waals surface area contributed by atoms with Crippen LogP contribution in [0.4, 0.5) is 0 Å². The van der Waals surface area contributed by atoms with Gasteiger partial charge in [-0.3, -0.25) is 4.79 Å². The fourth-order valence-electron chi connectivity index (χ4n) is 2.61. The van der Waals surface area contributed by atoms with Gasteiger partial charge in [-0.05, 0) is 36.5 Å². The first-order chi connectivity index (χ1) is 8.22. The summed E-state index contributed by atoms with van der Waals surface area (Å²) < 4.78 is 5.15. The Labute approximate surface area is 102 Å². The predicted molar refractivity (Wildman–Crippen MR) is 67.3 cm³/mol. The zero-order valence-electron chi connectivity index (χ0n) is 10.2. The number of primary amides is 1. The van der Waals surface area contributed by atoms with Crippen LogP contribution in [0, 0.1) is 0 Å². The lowest BCUT2D eigenvalue weighted by Crippen LogP contribution is -2.14. The zero-order chi connectivity index (χ0) is 12.3. The standard InChI is InChI=1S/C14H19NO2/c1-17-13-8-7-11(9-12(13)14(15)16)10-5-3-2-4-6-10/h7-10H,2-6H2,1H3,(H2,15,16). The number of nitrogens with two attached hydrogens (primary N) is 1. The van der Waals surface area contributed by atoms with Crippen molar-refractivity contribution >= 4 is 5.91 Å². The normalized spacial score (nSPS) is 16.8. The third-order valence-corrected chi connectivity index (χ3v) is 3.57. The van der Waals surface area contributed by atoms with Crippen LogP contribution >= 0.6 is 0 Å². The van der Waals surface area contributed by atoms with Gasteiger partial charge in [0, 0.05) is 0 Å². The van der Waals surface area contributed by atoms with Crippen LogP contribution in [0.15, 0.2) is 18.2 Å². The first kappa shape index (κ1) is 12.0. The van der Waals surface area contributed by atoms with E-state index in [4.69, 9.17) is 10.5 Å². The van der Waals surface area contributed by atoms with Gasteiger partial charge in [-0.1, -0.05) is 25.3 Å². The molecule has 0 heterocycles. The van der Waals surface area contributed by atoms with Crippen LogP contribution in [0.2, 0.25) is 0 Å². The third-order valence-electron chi connectivity index (χ3n) is 3.57. The minimum atomic E-state index is -0.417. The van der Waals surface area contributed by atoms with Crippen LogP contribution in [-0.2, 0) is 0 Å². The van der Waals surface area contributed by atoms with Crippen molar-refractivity contribution in [2.75, 3.05) is 7.11 Å². The predicted octanol–water partition coefficient (Wildman–Crippen LogP) is 2.84. The first-order valence-electron chi connectivity index (χ1n) is 6.20. The highest BCUT2D eigenvalue weighted by molar-refractivity contribution is 5.95. The molecule has 1 fully saturated rings. The second-order valence-electron chi connectivity index (χ2n) is 4.66. The Kier molecular flexibility index (Phi) is 3.67. The summed E-state index contributed by atoms with van der Waals surface area (Å²) in [6, 6.07) is 5.81. The van der Waals surface area contributed by atoms with Gasteiger partial charge < -0.3 is 10.5 Å². The molecule has 3 heteroatoms. The van der Waals surface area contributed by atoms with E-state index in [-0.39, 0.29) is 0 Å². The molecule has 1 aromatic carbocycles. The molecule has 2 rings (SSSR count). The second kappa shape index (κ2) is 5.21. The minimum absolute atomic E-state index is 0.417. The Hall–Kier alpha value is -1.51. The molecule has 0 spiro atoms. The van der Waals surface area contributed by atoms with Gasteiger partial charge in [0.25, 0.3) is 5.91 Å². The molecule has 1 aliphatic carbocycles. The summed E-state index contributed by atoms with van der Waals surface area (Å²) in [5.74, 6) is 0.726. The van der Waals surface area contributed by atoms with Crippen molar-refractivity contribution in [2.45, 2.75) is 38.0 Å². The van der Waals surface area contributed by atoms with Gasteiger partial charge in [-0.2, -0.15) is 0 Å². The molecule has 1 saturated carbocycles. The van der Waals surface area contributed by atoms with Crippen LogP contribution in [0.25, 0.3) is 0 Å². The molecule has 0 saturated heterocycles. The summed E-state index contributed by atoms with van der Waals surface area (Å²) in [4.78, 5) is 11.4. The van der Waals surface area contributed by atoms with Crippen LogP contribution in [-0.4, -0.2) is 13.0 Å². The largest absolute Gasteiger partial charge is 0.496 e. The maximum absolute atomic E-state index is 11.4. The van der Waals surface area contributed by atoms with E-state index < -0.39 is 5.91 Å². The Bertz CT molecular complexity index is 409. The highest BCUT2D eigenvalue weighted by Crippen LogP contribution is 2.34. The number of benzene rings is 1. The van der Waals surface area contributed by atoms with E-state index in [0.717, 1.165) is 0 Å². The molecule has 1 aromatic rings. The molecule has 1 amide bonds. The highest BCUT2D eigenvalue weighted by Gasteiger charge is 2.18. The molecule has 0 radical (unpaired) electrons. The summed E-state index contributed by atoms with van der Waals surface area (Å²) in [5.41, 5.74) is 7.09. The fraction of sp³-hybridized carbons (Fsp3) is 0.500. The van der Waals surface area contributed by atoms with E-state index >= 15 is 0 Å². The monoisotopic (exact) mass is 233 g/mol. The zero-order valence-corrected chi connectivity index (χ0v) is 10.2.